The maximum absolute atomic E-state index is 11.7. The van der Waals surface area contributed by atoms with Gasteiger partial charge in [-0.1, -0.05) is 26.1 Å². The first kappa shape index (κ1) is 11.9. The van der Waals surface area contributed by atoms with Crippen LogP contribution >= 0.6 is 0 Å². The van der Waals surface area contributed by atoms with Crippen molar-refractivity contribution >= 4 is 13.9 Å². The quantitative estimate of drug-likeness (QED) is 0.717. The molecule has 1 N–H and O–H groups in total. The zero-order valence-electron chi connectivity index (χ0n) is 9.76. The maximum Gasteiger partial charge on any atom is 0.138 e. The van der Waals surface area contributed by atoms with E-state index in [9.17, 15) is 9.90 Å². The number of carbonyl (C=O) groups excluding carboxylic acids is 1. The van der Waals surface area contributed by atoms with E-state index in [-0.39, 0.29) is 11.7 Å². The van der Waals surface area contributed by atoms with Crippen molar-refractivity contribution < 1.29 is 9.90 Å². The lowest BCUT2D eigenvalue weighted by molar-refractivity contribution is -0.130. The van der Waals surface area contributed by atoms with Gasteiger partial charge in [-0.2, -0.15) is 0 Å². The summed E-state index contributed by atoms with van der Waals surface area (Å²) in [4.78, 5) is 11.7. The highest BCUT2D eigenvalue weighted by Gasteiger charge is 2.47. The molecule has 1 aliphatic rings. The van der Waals surface area contributed by atoms with Crippen LogP contribution in [0, 0.1) is 5.92 Å². The zero-order valence-corrected chi connectivity index (χ0v) is 10.8. The lowest BCUT2D eigenvalue weighted by Crippen LogP contribution is -2.57. The van der Waals surface area contributed by atoms with Gasteiger partial charge in [-0.05, 0) is 19.8 Å². The molecule has 82 valence electrons. The highest BCUT2D eigenvalue weighted by Crippen LogP contribution is 2.35. The van der Waals surface area contributed by atoms with E-state index >= 15 is 0 Å². The van der Waals surface area contributed by atoms with Crippen molar-refractivity contribution in [1.29, 1.82) is 0 Å². The molecule has 0 amide bonds. The summed E-state index contributed by atoms with van der Waals surface area (Å²) in [6.07, 6.45) is 3.66. The third-order valence-electron chi connectivity index (χ3n) is 3.75. The van der Waals surface area contributed by atoms with Gasteiger partial charge in [0.2, 0.25) is 0 Å². The van der Waals surface area contributed by atoms with E-state index in [4.69, 9.17) is 0 Å². The third kappa shape index (κ3) is 2.09. The van der Waals surface area contributed by atoms with Crippen LogP contribution < -0.4 is 0 Å². The highest BCUT2D eigenvalue weighted by molar-refractivity contribution is 6.79. The summed E-state index contributed by atoms with van der Waals surface area (Å²) in [7, 11) is -1.68. The minimum atomic E-state index is -1.68. The van der Waals surface area contributed by atoms with Crippen LogP contribution in [0.15, 0.2) is 0 Å². The van der Waals surface area contributed by atoms with Crippen molar-refractivity contribution in [1.82, 2.24) is 0 Å². The van der Waals surface area contributed by atoms with Crippen molar-refractivity contribution in [2.45, 2.75) is 57.5 Å². The van der Waals surface area contributed by atoms with Crippen molar-refractivity contribution in [3.63, 3.8) is 0 Å². The molecule has 2 nitrogen and oxygen atoms in total. The maximum atomic E-state index is 11.7. The van der Waals surface area contributed by atoms with Gasteiger partial charge in [-0.25, -0.2) is 0 Å². The smallest absolute Gasteiger partial charge is 0.138 e. The van der Waals surface area contributed by atoms with Gasteiger partial charge in [0.05, 0.1) is 13.3 Å². The van der Waals surface area contributed by atoms with Crippen LogP contribution in [0.1, 0.15) is 32.6 Å². The Balaban J connectivity index is 2.85. The normalized spacial score (nSPS) is 28.6. The molecule has 0 radical (unpaired) electrons. The Morgan fingerprint density at radius 1 is 1.36 bits per heavy atom. The molecule has 2 atom stereocenters. The molecular formula is C11H22O2Si. The molecule has 0 bridgehead atoms. The summed E-state index contributed by atoms with van der Waals surface area (Å²) in [5, 5.41) is 9.76. The molecule has 0 spiro atoms. The first-order valence-electron chi connectivity index (χ1n) is 5.52. The number of hydrogen-bond donors (Lipinski definition) is 1. The fourth-order valence-electron chi connectivity index (χ4n) is 2.10. The monoisotopic (exact) mass is 214 g/mol. The molecule has 0 saturated heterocycles. The minimum absolute atomic E-state index is 0.0945. The SMILES string of the molecule is C[C@@](O)([C@@H]1CCCCC1=O)[Si](C)(C)C. The van der Waals surface area contributed by atoms with E-state index in [0.717, 1.165) is 19.3 Å². The molecule has 0 unspecified atom stereocenters. The van der Waals surface area contributed by atoms with Crippen LogP contribution in [-0.2, 0) is 4.79 Å². The van der Waals surface area contributed by atoms with Crippen molar-refractivity contribution in [3.05, 3.63) is 0 Å². The molecule has 0 aromatic heterocycles. The van der Waals surface area contributed by atoms with Crippen molar-refractivity contribution in [3.8, 4) is 0 Å². The molecule has 1 rings (SSSR count). The Kier molecular flexibility index (Phi) is 3.22. The highest BCUT2D eigenvalue weighted by atomic mass is 28.3. The van der Waals surface area contributed by atoms with Crippen molar-refractivity contribution in [2.24, 2.45) is 5.92 Å². The van der Waals surface area contributed by atoms with E-state index in [1.807, 2.05) is 6.92 Å². The summed E-state index contributed by atoms with van der Waals surface area (Å²) in [5.41, 5.74) is 0. The number of hydrogen-bond acceptors (Lipinski definition) is 2. The van der Waals surface area contributed by atoms with Gasteiger partial charge in [0.25, 0.3) is 0 Å². The Hall–Kier alpha value is -0.153. The van der Waals surface area contributed by atoms with Crippen LogP contribution in [0.25, 0.3) is 0 Å². The molecular weight excluding hydrogens is 192 g/mol. The van der Waals surface area contributed by atoms with E-state index in [1.165, 1.54) is 0 Å². The Labute approximate surface area is 87.7 Å². The number of aliphatic hydroxyl groups is 1. The first-order chi connectivity index (χ1) is 6.27. The number of Topliss-reactive ketones (excluding diaryl/α,β-unsaturated/α-hetero) is 1. The van der Waals surface area contributed by atoms with E-state index in [1.54, 1.807) is 0 Å². The summed E-state index contributed by atoms with van der Waals surface area (Å²) >= 11 is 0. The molecule has 3 heteroatoms. The minimum Gasteiger partial charge on any atom is -0.393 e. The molecule has 1 saturated carbocycles. The predicted molar refractivity (Wildman–Crippen MR) is 60.9 cm³/mol. The second-order valence-corrected chi connectivity index (χ2v) is 11.2. The largest absolute Gasteiger partial charge is 0.393 e. The fourth-order valence-corrected chi connectivity index (χ4v) is 3.45. The van der Waals surface area contributed by atoms with Gasteiger partial charge in [-0.3, -0.25) is 4.79 Å². The van der Waals surface area contributed by atoms with Crippen molar-refractivity contribution in [2.75, 3.05) is 0 Å². The summed E-state index contributed by atoms with van der Waals surface area (Å²) in [6.45, 7) is 8.27. The number of ketones is 1. The Morgan fingerprint density at radius 2 is 1.93 bits per heavy atom. The third-order valence-corrected chi connectivity index (χ3v) is 7.14. The molecule has 0 aromatic carbocycles. The molecule has 1 fully saturated rings. The van der Waals surface area contributed by atoms with Gasteiger partial charge in [0.1, 0.15) is 5.78 Å². The van der Waals surface area contributed by atoms with Gasteiger partial charge in [0.15, 0.2) is 0 Å². The lowest BCUT2D eigenvalue weighted by atomic mass is 9.84. The van der Waals surface area contributed by atoms with Gasteiger partial charge in [0, 0.05) is 12.3 Å². The van der Waals surface area contributed by atoms with Gasteiger partial charge in [-0.15, -0.1) is 0 Å². The Bertz CT molecular complexity index is 228. The standard InChI is InChI=1S/C11H22O2Si/c1-11(13,14(2,3)4)9-7-5-6-8-10(9)12/h9,13H,5-8H2,1-4H3/t9-,11+/m1/s1. The average molecular weight is 214 g/mol. The van der Waals surface area contributed by atoms with E-state index < -0.39 is 13.3 Å². The summed E-state index contributed by atoms with van der Waals surface area (Å²) in [6, 6.07) is 0. The second-order valence-electron chi connectivity index (χ2n) is 5.66. The molecule has 0 aliphatic heterocycles. The summed E-state index contributed by atoms with van der Waals surface area (Å²) < 4.78 is 0. The lowest BCUT2D eigenvalue weighted by Gasteiger charge is -2.42. The van der Waals surface area contributed by atoms with Gasteiger partial charge >= 0.3 is 0 Å². The van der Waals surface area contributed by atoms with E-state index in [2.05, 4.69) is 19.6 Å². The first-order valence-corrected chi connectivity index (χ1v) is 9.02. The molecule has 0 heterocycles. The van der Waals surface area contributed by atoms with Crippen LogP contribution in [0.5, 0.6) is 0 Å². The van der Waals surface area contributed by atoms with Gasteiger partial charge < -0.3 is 5.11 Å². The van der Waals surface area contributed by atoms with Crippen LogP contribution in [-0.4, -0.2) is 24.2 Å². The average Bonchev–Trinajstić information content (AvgIpc) is 2.02. The number of rotatable bonds is 2. The molecule has 1 aliphatic carbocycles. The van der Waals surface area contributed by atoms with Crippen LogP contribution in [0.3, 0.4) is 0 Å². The summed E-state index contributed by atoms with van der Waals surface area (Å²) in [5.74, 6) is 0.187. The fraction of sp³-hybridized carbons (Fsp3) is 0.909. The van der Waals surface area contributed by atoms with E-state index in [0.29, 0.717) is 6.42 Å². The molecule has 0 aromatic rings. The predicted octanol–water partition coefficient (Wildman–Crippen LogP) is 2.37. The molecule has 14 heavy (non-hydrogen) atoms. The van der Waals surface area contributed by atoms with Crippen LogP contribution in [0.2, 0.25) is 19.6 Å². The van der Waals surface area contributed by atoms with Crippen LogP contribution in [0.4, 0.5) is 0 Å². The number of carbonyl (C=O) groups is 1. The Morgan fingerprint density at radius 3 is 2.36 bits per heavy atom. The second kappa shape index (κ2) is 3.78. The topological polar surface area (TPSA) is 37.3 Å². The zero-order chi connectivity index (χ0) is 11.0.